The number of likely N-dealkylation sites (tertiary alicyclic amines) is 1. The molecule has 4 heterocycles. The number of furan rings is 1. The van der Waals surface area contributed by atoms with Gasteiger partial charge in [-0.15, -0.1) is 5.10 Å². The zero-order valence-electron chi connectivity index (χ0n) is 16.4. The van der Waals surface area contributed by atoms with Gasteiger partial charge in [0.05, 0.1) is 6.26 Å². The number of aromatic nitrogens is 3. The second-order valence-electron chi connectivity index (χ2n) is 7.57. The van der Waals surface area contributed by atoms with Crippen LogP contribution in [0.4, 0.5) is 11.6 Å². The van der Waals surface area contributed by atoms with Crippen molar-refractivity contribution < 1.29 is 4.42 Å². The standard InChI is InChI=1S/C23H25N5O/c1-2-15-27(14-1)16-4-6-18-10-12-19(13-11-18)24-23-25-22-9-3-7-20(28(22)26-23)21-8-5-17-29-21/h3,5,7-13,17H,1-2,4,6,14-16H2,(H,24,26). The molecule has 5 rings (SSSR count). The van der Waals surface area contributed by atoms with Crippen LogP contribution < -0.4 is 5.32 Å². The van der Waals surface area contributed by atoms with E-state index in [-0.39, 0.29) is 0 Å². The lowest BCUT2D eigenvalue weighted by atomic mass is 10.1. The first-order chi connectivity index (χ1) is 14.3. The van der Waals surface area contributed by atoms with Crippen LogP contribution in [0.25, 0.3) is 17.1 Å². The van der Waals surface area contributed by atoms with Crippen molar-refractivity contribution in [3.63, 3.8) is 0 Å². The molecule has 0 radical (unpaired) electrons. The van der Waals surface area contributed by atoms with E-state index in [0.717, 1.165) is 29.2 Å². The molecule has 1 aromatic carbocycles. The molecule has 0 amide bonds. The quantitative estimate of drug-likeness (QED) is 0.495. The first-order valence-electron chi connectivity index (χ1n) is 10.3. The van der Waals surface area contributed by atoms with Gasteiger partial charge in [-0.25, -0.2) is 4.52 Å². The third-order valence-electron chi connectivity index (χ3n) is 5.48. The number of nitrogens with one attached hydrogen (secondary N) is 1. The van der Waals surface area contributed by atoms with Gasteiger partial charge in [0.25, 0.3) is 0 Å². The molecule has 1 saturated heterocycles. The fourth-order valence-electron chi connectivity index (χ4n) is 3.97. The Labute approximate surface area is 170 Å². The van der Waals surface area contributed by atoms with Gasteiger partial charge in [0.15, 0.2) is 11.4 Å². The van der Waals surface area contributed by atoms with Gasteiger partial charge in [-0.2, -0.15) is 4.98 Å². The molecule has 0 aliphatic carbocycles. The molecule has 29 heavy (non-hydrogen) atoms. The SMILES string of the molecule is c1coc(-c2cccc3nc(Nc4ccc(CCCN5CCCC5)cc4)nn23)c1. The molecule has 1 aliphatic heterocycles. The van der Waals surface area contributed by atoms with Crippen molar-refractivity contribution in [1.29, 1.82) is 0 Å². The van der Waals surface area contributed by atoms with E-state index in [9.17, 15) is 0 Å². The Hall–Kier alpha value is -3.12. The Balaban J connectivity index is 1.25. The zero-order valence-corrected chi connectivity index (χ0v) is 16.4. The first-order valence-corrected chi connectivity index (χ1v) is 10.3. The maximum absolute atomic E-state index is 5.52. The molecule has 0 bridgehead atoms. The van der Waals surface area contributed by atoms with Crippen molar-refractivity contribution in [1.82, 2.24) is 19.5 Å². The molecule has 0 atom stereocenters. The van der Waals surface area contributed by atoms with Crippen LogP contribution in [0.5, 0.6) is 0 Å². The number of benzene rings is 1. The van der Waals surface area contributed by atoms with E-state index < -0.39 is 0 Å². The van der Waals surface area contributed by atoms with Crippen LogP contribution in [-0.2, 0) is 6.42 Å². The Morgan fingerprint density at radius 3 is 2.62 bits per heavy atom. The molecule has 0 spiro atoms. The normalized spacial score (nSPS) is 14.6. The summed E-state index contributed by atoms with van der Waals surface area (Å²) in [6.07, 6.45) is 6.73. The Bertz CT molecular complexity index is 1060. The monoisotopic (exact) mass is 387 g/mol. The largest absolute Gasteiger partial charge is 0.463 e. The van der Waals surface area contributed by atoms with Crippen molar-refractivity contribution in [2.45, 2.75) is 25.7 Å². The van der Waals surface area contributed by atoms with Gasteiger partial charge < -0.3 is 14.6 Å². The van der Waals surface area contributed by atoms with Gasteiger partial charge in [-0.1, -0.05) is 18.2 Å². The van der Waals surface area contributed by atoms with Crippen molar-refractivity contribution in [2.75, 3.05) is 25.0 Å². The lowest BCUT2D eigenvalue weighted by molar-refractivity contribution is 0.334. The summed E-state index contributed by atoms with van der Waals surface area (Å²) < 4.78 is 7.32. The van der Waals surface area contributed by atoms with Crippen LogP contribution in [0.2, 0.25) is 0 Å². The van der Waals surface area contributed by atoms with Gasteiger partial charge >= 0.3 is 0 Å². The van der Waals surface area contributed by atoms with E-state index in [1.807, 2.05) is 30.3 Å². The minimum absolute atomic E-state index is 0.575. The van der Waals surface area contributed by atoms with Gasteiger partial charge in [0.1, 0.15) is 5.69 Å². The molecule has 1 aliphatic rings. The molecular formula is C23H25N5O. The van der Waals surface area contributed by atoms with Gasteiger partial charge in [0, 0.05) is 5.69 Å². The van der Waals surface area contributed by atoms with Crippen LogP contribution in [0.3, 0.4) is 0 Å². The lowest BCUT2D eigenvalue weighted by Crippen LogP contribution is -2.20. The summed E-state index contributed by atoms with van der Waals surface area (Å²) in [5, 5.41) is 7.92. The molecule has 0 unspecified atom stereocenters. The first kappa shape index (κ1) is 17.9. The van der Waals surface area contributed by atoms with Crippen molar-refractivity contribution in [3.05, 3.63) is 66.4 Å². The topological polar surface area (TPSA) is 58.6 Å². The number of rotatable bonds is 7. The molecule has 0 saturated carbocycles. The predicted molar refractivity (Wildman–Crippen MR) is 114 cm³/mol. The van der Waals surface area contributed by atoms with Crippen molar-refractivity contribution >= 4 is 17.3 Å². The van der Waals surface area contributed by atoms with Crippen molar-refractivity contribution in [3.8, 4) is 11.5 Å². The summed E-state index contributed by atoms with van der Waals surface area (Å²) >= 11 is 0. The predicted octanol–water partition coefficient (Wildman–Crippen LogP) is 4.76. The Morgan fingerprint density at radius 2 is 1.83 bits per heavy atom. The van der Waals surface area contributed by atoms with Crippen LogP contribution in [0, 0.1) is 0 Å². The second-order valence-corrected chi connectivity index (χ2v) is 7.57. The number of fused-ring (bicyclic) bond motifs is 1. The molecule has 148 valence electrons. The van der Waals surface area contributed by atoms with E-state index >= 15 is 0 Å². The highest BCUT2D eigenvalue weighted by Gasteiger charge is 2.12. The number of aryl methyl sites for hydroxylation is 1. The summed E-state index contributed by atoms with van der Waals surface area (Å²) in [6.45, 7) is 3.76. The van der Waals surface area contributed by atoms with E-state index in [1.165, 1.54) is 44.5 Å². The second kappa shape index (κ2) is 8.09. The summed E-state index contributed by atoms with van der Waals surface area (Å²) in [5.41, 5.74) is 4.02. The minimum atomic E-state index is 0.575. The van der Waals surface area contributed by atoms with Crippen LogP contribution in [0.1, 0.15) is 24.8 Å². The van der Waals surface area contributed by atoms with Gasteiger partial charge in [-0.05, 0) is 87.3 Å². The summed E-state index contributed by atoms with van der Waals surface area (Å²) in [5.74, 6) is 1.34. The fraction of sp³-hybridized carbons (Fsp3) is 0.304. The number of nitrogens with zero attached hydrogens (tertiary/aromatic N) is 4. The molecule has 6 heteroatoms. The summed E-state index contributed by atoms with van der Waals surface area (Å²) in [4.78, 5) is 7.16. The highest BCUT2D eigenvalue weighted by Crippen LogP contribution is 2.22. The average Bonchev–Trinajstić information content (AvgIpc) is 3.50. The minimum Gasteiger partial charge on any atom is -0.463 e. The average molecular weight is 387 g/mol. The molecule has 4 aromatic rings. The fourth-order valence-corrected chi connectivity index (χ4v) is 3.97. The summed E-state index contributed by atoms with van der Waals surface area (Å²) in [7, 11) is 0. The highest BCUT2D eigenvalue weighted by atomic mass is 16.3. The van der Waals surface area contributed by atoms with Crippen molar-refractivity contribution in [2.24, 2.45) is 0 Å². The van der Waals surface area contributed by atoms with Gasteiger partial charge in [-0.3, -0.25) is 0 Å². The Morgan fingerprint density at radius 1 is 0.966 bits per heavy atom. The Kier molecular flexibility index (Phi) is 5.01. The molecule has 3 aromatic heterocycles. The smallest absolute Gasteiger partial charge is 0.247 e. The zero-order chi connectivity index (χ0) is 19.5. The van der Waals surface area contributed by atoms with Gasteiger partial charge in [0.2, 0.25) is 5.95 Å². The van der Waals surface area contributed by atoms with Crippen LogP contribution >= 0.6 is 0 Å². The number of anilines is 2. The maximum atomic E-state index is 5.52. The third kappa shape index (κ3) is 4.03. The third-order valence-corrected chi connectivity index (χ3v) is 5.48. The number of pyridine rings is 1. The van der Waals surface area contributed by atoms with E-state index in [2.05, 4.69) is 44.6 Å². The molecule has 6 nitrogen and oxygen atoms in total. The van der Waals surface area contributed by atoms with E-state index in [1.54, 1.807) is 10.8 Å². The number of hydrogen-bond donors (Lipinski definition) is 1. The van der Waals surface area contributed by atoms with E-state index in [4.69, 9.17) is 4.42 Å². The van der Waals surface area contributed by atoms with Crippen LogP contribution in [0.15, 0.2) is 65.3 Å². The van der Waals surface area contributed by atoms with Crippen LogP contribution in [-0.4, -0.2) is 39.1 Å². The highest BCUT2D eigenvalue weighted by molar-refractivity contribution is 5.61. The molecule has 1 fully saturated rings. The number of hydrogen-bond acceptors (Lipinski definition) is 5. The summed E-state index contributed by atoms with van der Waals surface area (Å²) in [6, 6.07) is 18.3. The lowest BCUT2D eigenvalue weighted by Gasteiger charge is -2.14. The maximum Gasteiger partial charge on any atom is 0.247 e. The van der Waals surface area contributed by atoms with E-state index in [0.29, 0.717) is 5.95 Å². The molecule has 1 N–H and O–H groups in total. The molecular weight excluding hydrogens is 362 g/mol.